The number of piperazine rings is 1. The van der Waals surface area contributed by atoms with Crippen LogP contribution in [0.2, 0.25) is 0 Å². The molecule has 8 heteroatoms. The molecule has 0 spiro atoms. The minimum absolute atomic E-state index is 0.00182. The van der Waals surface area contributed by atoms with Crippen molar-refractivity contribution in [3.63, 3.8) is 0 Å². The van der Waals surface area contributed by atoms with E-state index < -0.39 is 0 Å². The molecule has 31 heavy (non-hydrogen) atoms. The number of nitrogens with zero attached hydrogens (tertiary/aromatic N) is 1. The molecule has 0 aliphatic carbocycles. The summed E-state index contributed by atoms with van der Waals surface area (Å²) in [6, 6.07) is 14.1. The van der Waals surface area contributed by atoms with Crippen molar-refractivity contribution in [1.82, 2.24) is 10.6 Å². The molecule has 164 valence electrons. The first kappa shape index (κ1) is 22.1. The lowest BCUT2D eigenvalue weighted by Crippen LogP contribution is -2.47. The molecule has 1 aliphatic rings. The molecule has 0 saturated carbocycles. The highest BCUT2D eigenvalue weighted by atomic mass is 16.5. The molecule has 0 atom stereocenters. The minimum atomic E-state index is -0.325. The zero-order valence-corrected chi connectivity index (χ0v) is 17.6. The Morgan fingerprint density at radius 1 is 1.10 bits per heavy atom. The van der Waals surface area contributed by atoms with Crippen LogP contribution in [0.15, 0.2) is 48.5 Å². The standard InChI is InChI=1S/C23H28N4O4/c1-2-3-14-31-20-10-4-17(5-11-20)23(30)25-15-21(28)26-18-6-8-19(9-7-18)27-13-12-24-22(29)16-27/h4-11H,2-3,12-16H2,1H3,(H,24,29)(H,25,30)(H,26,28). The molecular formula is C23H28N4O4. The van der Waals surface area contributed by atoms with Gasteiger partial charge in [-0.15, -0.1) is 0 Å². The van der Waals surface area contributed by atoms with Gasteiger partial charge >= 0.3 is 0 Å². The molecule has 8 nitrogen and oxygen atoms in total. The van der Waals surface area contributed by atoms with E-state index in [0.717, 1.165) is 30.8 Å². The number of unbranched alkanes of at least 4 members (excludes halogenated alkanes) is 1. The normalized spacial score (nSPS) is 13.3. The second kappa shape index (κ2) is 11.0. The number of hydrogen-bond acceptors (Lipinski definition) is 5. The first-order chi connectivity index (χ1) is 15.0. The average Bonchev–Trinajstić information content (AvgIpc) is 2.78. The van der Waals surface area contributed by atoms with Crippen molar-refractivity contribution >= 4 is 29.1 Å². The van der Waals surface area contributed by atoms with E-state index in [1.165, 1.54) is 0 Å². The van der Waals surface area contributed by atoms with Gasteiger partial charge in [0.1, 0.15) is 5.75 Å². The Balaban J connectivity index is 1.44. The van der Waals surface area contributed by atoms with Crippen LogP contribution in [0, 0.1) is 0 Å². The predicted octanol–water partition coefficient (Wildman–Crippen LogP) is 2.17. The van der Waals surface area contributed by atoms with Crippen LogP contribution in [0.1, 0.15) is 30.1 Å². The number of nitrogens with one attached hydrogen (secondary N) is 3. The monoisotopic (exact) mass is 424 g/mol. The van der Waals surface area contributed by atoms with Gasteiger partial charge in [0.2, 0.25) is 11.8 Å². The van der Waals surface area contributed by atoms with E-state index in [9.17, 15) is 14.4 Å². The predicted molar refractivity (Wildman–Crippen MR) is 119 cm³/mol. The number of carbonyl (C=O) groups excluding carboxylic acids is 3. The lowest BCUT2D eigenvalue weighted by atomic mass is 10.2. The highest BCUT2D eigenvalue weighted by molar-refractivity contribution is 5.99. The zero-order chi connectivity index (χ0) is 22.1. The second-order valence-corrected chi connectivity index (χ2v) is 7.28. The second-order valence-electron chi connectivity index (χ2n) is 7.28. The van der Waals surface area contributed by atoms with Crippen LogP contribution in [0.5, 0.6) is 5.75 Å². The van der Waals surface area contributed by atoms with E-state index in [1.807, 2.05) is 17.0 Å². The molecule has 2 aromatic rings. The third-order valence-corrected chi connectivity index (χ3v) is 4.85. The Hall–Kier alpha value is -3.55. The maximum atomic E-state index is 12.2. The lowest BCUT2D eigenvalue weighted by molar-refractivity contribution is -0.120. The summed E-state index contributed by atoms with van der Waals surface area (Å²) in [6.45, 7) is 4.29. The molecule has 0 unspecified atom stereocenters. The van der Waals surface area contributed by atoms with Gasteiger partial charge in [-0.2, -0.15) is 0 Å². The smallest absolute Gasteiger partial charge is 0.251 e. The van der Waals surface area contributed by atoms with Crippen LogP contribution in [0.3, 0.4) is 0 Å². The molecule has 1 fully saturated rings. The number of hydrogen-bond donors (Lipinski definition) is 3. The molecule has 1 saturated heterocycles. The first-order valence-corrected chi connectivity index (χ1v) is 10.5. The van der Waals surface area contributed by atoms with Gasteiger partial charge in [0.25, 0.3) is 5.91 Å². The maximum absolute atomic E-state index is 12.2. The van der Waals surface area contributed by atoms with Crippen molar-refractivity contribution in [3.05, 3.63) is 54.1 Å². The van der Waals surface area contributed by atoms with Crippen molar-refractivity contribution in [2.45, 2.75) is 19.8 Å². The molecule has 3 amide bonds. The van der Waals surface area contributed by atoms with Gasteiger partial charge < -0.3 is 25.6 Å². The van der Waals surface area contributed by atoms with Gasteiger partial charge in [-0.05, 0) is 55.0 Å². The highest BCUT2D eigenvalue weighted by Crippen LogP contribution is 2.18. The van der Waals surface area contributed by atoms with Crippen LogP contribution < -0.4 is 25.6 Å². The fraction of sp³-hybridized carbons (Fsp3) is 0.348. The number of anilines is 2. The molecule has 1 aliphatic heterocycles. The third kappa shape index (κ3) is 6.74. The summed E-state index contributed by atoms with van der Waals surface area (Å²) in [5.41, 5.74) is 2.01. The van der Waals surface area contributed by atoms with Gasteiger partial charge in [0.05, 0.1) is 19.7 Å². The summed E-state index contributed by atoms with van der Waals surface area (Å²) < 4.78 is 5.58. The fourth-order valence-corrected chi connectivity index (χ4v) is 3.12. The molecule has 0 radical (unpaired) electrons. The molecule has 0 bridgehead atoms. The summed E-state index contributed by atoms with van der Waals surface area (Å²) in [5, 5.41) is 8.16. The number of carbonyl (C=O) groups is 3. The van der Waals surface area contributed by atoms with E-state index >= 15 is 0 Å². The van der Waals surface area contributed by atoms with Crippen molar-refractivity contribution in [2.24, 2.45) is 0 Å². The first-order valence-electron chi connectivity index (χ1n) is 10.5. The molecule has 3 N–H and O–H groups in total. The summed E-state index contributed by atoms with van der Waals surface area (Å²) in [7, 11) is 0. The van der Waals surface area contributed by atoms with Crippen molar-refractivity contribution < 1.29 is 19.1 Å². The number of ether oxygens (including phenoxy) is 1. The minimum Gasteiger partial charge on any atom is -0.494 e. The fourth-order valence-electron chi connectivity index (χ4n) is 3.12. The third-order valence-electron chi connectivity index (χ3n) is 4.85. The van der Waals surface area contributed by atoms with E-state index in [4.69, 9.17) is 4.74 Å². The van der Waals surface area contributed by atoms with Gasteiger partial charge in [0.15, 0.2) is 0 Å². The lowest BCUT2D eigenvalue weighted by Gasteiger charge is -2.28. The van der Waals surface area contributed by atoms with Crippen molar-refractivity contribution in [2.75, 3.05) is 43.0 Å². The van der Waals surface area contributed by atoms with E-state index in [-0.39, 0.29) is 24.3 Å². The van der Waals surface area contributed by atoms with Crippen LogP contribution >= 0.6 is 0 Å². The van der Waals surface area contributed by atoms with Gasteiger partial charge in [0, 0.05) is 30.0 Å². The van der Waals surface area contributed by atoms with E-state index in [1.54, 1.807) is 36.4 Å². The Morgan fingerprint density at radius 2 is 1.84 bits per heavy atom. The van der Waals surface area contributed by atoms with E-state index in [0.29, 0.717) is 30.9 Å². The summed E-state index contributed by atoms with van der Waals surface area (Å²) in [6.07, 6.45) is 2.04. The topological polar surface area (TPSA) is 99.8 Å². The maximum Gasteiger partial charge on any atom is 0.251 e. The summed E-state index contributed by atoms with van der Waals surface area (Å²) >= 11 is 0. The quantitative estimate of drug-likeness (QED) is 0.536. The van der Waals surface area contributed by atoms with Crippen LogP contribution in [0.4, 0.5) is 11.4 Å². The summed E-state index contributed by atoms with van der Waals surface area (Å²) in [5.74, 6) is 0.0707. The zero-order valence-electron chi connectivity index (χ0n) is 17.6. The molecular weight excluding hydrogens is 396 g/mol. The highest BCUT2D eigenvalue weighted by Gasteiger charge is 2.16. The average molecular weight is 425 g/mol. The van der Waals surface area contributed by atoms with Crippen LogP contribution in [0.25, 0.3) is 0 Å². The van der Waals surface area contributed by atoms with Crippen molar-refractivity contribution in [3.8, 4) is 5.75 Å². The van der Waals surface area contributed by atoms with Crippen LogP contribution in [-0.2, 0) is 9.59 Å². The molecule has 1 heterocycles. The van der Waals surface area contributed by atoms with Gasteiger partial charge in [-0.25, -0.2) is 0 Å². The Morgan fingerprint density at radius 3 is 2.52 bits per heavy atom. The van der Waals surface area contributed by atoms with Gasteiger partial charge in [-0.1, -0.05) is 13.3 Å². The van der Waals surface area contributed by atoms with E-state index in [2.05, 4.69) is 22.9 Å². The molecule has 0 aromatic heterocycles. The van der Waals surface area contributed by atoms with Crippen LogP contribution in [-0.4, -0.2) is 50.5 Å². The Kier molecular flexibility index (Phi) is 7.86. The number of rotatable bonds is 9. The SMILES string of the molecule is CCCCOc1ccc(C(=O)NCC(=O)Nc2ccc(N3CCNC(=O)C3)cc2)cc1. The molecule has 2 aromatic carbocycles. The summed E-state index contributed by atoms with van der Waals surface area (Å²) in [4.78, 5) is 37.9. The van der Waals surface area contributed by atoms with Crippen molar-refractivity contribution in [1.29, 1.82) is 0 Å². The Labute approximate surface area is 182 Å². The van der Waals surface area contributed by atoms with Gasteiger partial charge in [-0.3, -0.25) is 14.4 Å². The largest absolute Gasteiger partial charge is 0.494 e. The Bertz CT molecular complexity index is 897. The number of amides is 3. The number of benzene rings is 2. The molecule has 3 rings (SSSR count).